The van der Waals surface area contributed by atoms with Crippen LogP contribution in [0.2, 0.25) is 0 Å². The van der Waals surface area contributed by atoms with Crippen LogP contribution in [-0.4, -0.2) is 24.1 Å². The van der Waals surface area contributed by atoms with Crippen molar-refractivity contribution in [1.82, 2.24) is 4.57 Å². The quantitative estimate of drug-likeness (QED) is 0.388. The van der Waals surface area contributed by atoms with Crippen molar-refractivity contribution in [2.75, 3.05) is 13.7 Å². The second kappa shape index (κ2) is 9.27. The number of hydrogen-bond acceptors (Lipinski definition) is 3. The van der Waals surface area contributed by atoms with Crippen LogP contribution < -0.4 is 31.0 Å². The van der Waals surface area contributed by atoms with E-state index < -0.39 is 0 Å². The first-order valence-corrected chi connectivity index (χ1v) is 9.72. The second-order valence-corrected chi connectivity index (χ2v) is 6.92. The van der Waals surface area contributed by atoms with Gasteiger partial charge in [-0.05, 0) is 61.9 Å². The first-order chi connectivity index (χ1) is 13.7. The third kappa shape index (κ3) is 4.37. The molecule has 0 aliphatic carbocycles. The number of ether oxygens (including phenoxy) is 2. The number of carbonyl (C=O) groups excluding carboxylic acids is 1. The topological polar surface area (TPSA) is 44.3 Å². The number of halogens is 1. The molecule has 1 aliphatic heterocycles. The Kier molecular flexibility index (Phi) is 6.75. The lowest BCUT2D eigenvalue weighted by atomic mass is 10.1. The van der Waals surface area contributed by atoms with E-state index in [2.05, 4.69) is 27.5 Å². The standard InChI is InChI=1S/C23H25N2O3.BrH/c1-3-28-20-12-8-18(9-13-20)22(26)16-24-15-21(25-14-4-5-23(24)25)17-6-10-19(27-2)11-7-17;/h6-13,15H,3-5,14,16H2,1-2H3;1H/q+1;/p-1. The molecule has 152 valence electrons. The SMILES string of the molecule is CCOc1ccc(C(=O)C[n+]2cc(-c3ccc(OC)cc3)n3c2CCC3)cc1.[Br-]. The number of fused-ring (bicyclic) bond motifs is 1. The summed E-state index contributed by atoms with van der Waals surface area (Å²) in [6.07, 6.45) is 4.20. The largest absolute Gasteiger partial charge is 1.00 e. The Labute approximate surface area is 181 Å². The lowest BCUT2D eigenvalue weighted by Crippen LogP contribution is -3.00. The molecular formula is C23H25BrN2O3. The van der Waals surface area contributed by atoms with Gasteiger partial charge in [-0.1, -0.05) is 0 Å². The molecule has 3 aromatic rings. The molecule has 0 fully saturated rings. The number of nitrogens with zero attached hydrogens (tertiary/aromatic N) is 2. The van der Waals surface area contributed by atoms with Gasteiger partial charge in [-0.25, -0.2) is 9.13 Å². The molecule has 6 heteroatoms. The fraction of sp³-hybridized carbons (Fsp3) is 0.304. The molecule has 4 rings (SSSR count). The fourth-order valence-electron chi connectivity index (χ4n) is 3.79. The Balaban J connectivity index is 0.00000240. The molecule has 0 radical (unpaired) electrons. The van der Waals surface area contributed by atoms with Crippen molar-refractivity contribution in [1.29, 1.82) is 0 Å². The summed E-state index contributed by atoms with van der Waals surface area (Å²) in [5.41, 5.74) is 2.99. The monoisotopic (exact) mass is 456 g/mol. The van der Waals surface area contributed by atoms with Crippen molar-refractivity contribution >= 4 is 5.78 Å². The lowest BCUT2D eigenvalue weighted by molar-refractivity contribution is -0.689. The van der Waals surface area contributed by atoms with Gasteiger partial charge in [-0.3, -0.25) is 4.79 Å². The number of imidazole rings is 1. The molecular weight excluding hydrogens is 432 g/mol. The van der Waals surface area contributed by atoms with Gasteiger partial charge >= 0.3 is 0 Å². The van der Waals surface area contributed by atoms with Crippen molar-refractivity contribution in [3.8, 4) is 22.8 Å². The number of aromatic nitrogens is 2. The second-order valence-electron chi connectivity index (χ2n) is 6.92. The van der Waals surface area contributed by atoms with Crippen molar-refractivity contribution in [2.45, 2.75) is 32.9 Å². The van der Waals surface area contributed by atoms with Gasteiger partial charge in [0.2, 0.25) is 5.78 Å². The van der Waals surface area contributed by atoms with E-state index in [9.17, 15) is 4.79 Å². The van der Waals surface area contributed by atoms with Gasteiger partial charge in [0.05, 0.1) is 26.7 Å². The van der Waals surface area contributed by atoms with Gasteiger partial charge in [0.25, 0.3) is 5.82 Å². The predicted molar refractivity (Wildman–Crippen MR) is 107 cm³/mol. The molecule has 0 saturated heterocycles. The summed E-state index contributed by atoms with van der Waals surface area (Å²) < 4.78 is 15.2. The number of Topliss-reactive ketones (excluding diaryl/α,β-unsaturated/α-hetero) is 1. The van der Waals surface area contributed by atoms with Gasteiger partial charge in [-0.15, -0.1) is 0 Å². The number of rotatable bonds is 7. The summed E-state index contributed by atoms with van der Waals surface area (Å²) >= 11 is 0. The van der Waals surface area contributed by atoms with Crippen LogP contribution in [0, 0.1) is 0 Å². The number of ketones is 1. The Hall–Kier alpha value is -2.60. The Morgan fingerprint density at radius 2 is 1.76 bits per heavy atom. The van der Waals surface area contributed by atoms with Crippen molar-refractivity contribution in [3.05, 3.63) is 66.1 Å². The van der Waals surface area contributed by atoms with Crippen LogP contribution in [0.5, 0.6) is 11.5 Å². The summed E-state index contributed by atoms with van der Waals surface area (Å²) in [7, 11) is 1.67. The lowest BCUT2D eigenvalue weighted by Gasteiger charge is -2.04. The van der Waals surface area contributed by atoms with E-state index in [4.69, 9.17) is 9.47 Å². The highest BCUT2D eigenvalue weighted by Gasteiger charge is 2.29. The molecule has 2 aromatic carbocycles. The van der Waals surface area contributed by atoms with Crippen LogP contribution in [0.25, 0.3) is 11.3 Å². The van der Waals surface area contributed by atoms with Crippen molar-refractivity contribution in [2.24, 2.45) is 0 Å². The van der Waals surface area contributed by atoms with E-state index in [1.165, 1.54) is 5.82 Å². The maximum absolute atomic E-state index is 12.8. The van der Waals surface area contributed by atoms with Gasteiger partial charge in [0.1, 0.15) is 17.7 Å². The molecule has 0 unspecified atom stereocenters. The maximum atomic E-state index is 12.8. The predicted octanol–water partition coefficient (Wildman–Crippen LogP) is 0.683. The molecule has 0 bridgehead atoms. The molecule has 0 N–H and O–H groups in total. The van der Waals surface area contributed by atoms with E-state index in [1.807, 2.05) is 43.3 Å². The zero-order chi connectivity index (χ0) is 19.5. The highest BCUT2D eigenvalue weighted by Crippen LogP contribution is 2.26. The van der Waals surface area contributed by atoms with E-state index in [-0.39, 0.29) is 22.8 Å². The summed E-state index contributed by atoms with van der Waals surface area (Å²) in [4.78, 5) is 12.8. The summed E-state index contributed by atoms with van der Waals surface area (Å²) in [6, 6.07) is 15.5. The van der Waals surface area contributed by atoms with Crippen LogP contribution in [0.15, 0.2) is 54.7 Å². The molecule has 2 heterocycles. The smallest absolute Gasteiger partial charge is 0.257 e. The van der Waals surface area contributed by atoms with E-state index in [1.54, 1.807) is 7.11 Å². The van der Waals surface area contributed by atoms with Gasteiger partial charge in [0, 0.05) is 11.1 Å². The third-order valence-corrected chi connectivity index (χ3v) is 5.18. The van der Waals surface area contributed by atoms with Crippen molar-refractivity contribution in [3.63, 3.8) is 0 Å². The minimum atomic E-state index is 0. The van der Waals surface area contributed by atoms with Crippen LogP contribution in [0.1, 0.15) is 29.5 Å². The van der Waals surface area contributed by atoms with Crippen LogP contribution in [0.4, 0.5) is 0 Å². The molecule has 0 saturated carbocycles. The number of methoxy groups -OCH3 is 1. The molecule has 0 spiro atoms. The van der Waals surface area contributed by atoms with Crippen LogP contribution in [0.3, 0.4) is 0 Å². The van der Waals surface area contributed by atoms with E-state index >= 15 is 0 Å². The number of benzene rings is 2. The molecule has 0 amide bonds. The Bertz CT molecular complexity index is 979. The minimum Gasteiger partial charge on any atom is -1.00 e. The average molecular weight is 457 g/mol. The molecule has 5 nitrogen and oxygen atoms in total. The zero-order valence-electron chi connectivity index (χ0n) is 16.7. The van der Waals surface area contributed by atoms with Gasteiger partial charge in [0.15, 0.2) is 12.2 Å². The third-order valence-electron chi connectivity index (χ3n) is 5.18. The van der Waals surface area contributed by atoms with E-state index in [0.29, 0.717) is 18.7 Å². The van der Waals surface area contributed by atoms with Gasteiger partial charge < -0.3 is 26.5 Å². The van der Waals surface area contributed by atoms with Crippen LogP contribution >= 0.6 is 0 Å². The van der Waals surface area contributed by atoms with E-state index in [0.717, 1.165) is 42.1 Å². The highest BCUT2D eigenvalue weighted by atomic mass is 79.9. The Morgan fingerprint density at radius 1 is 1.07 bits per heavy atom. The first-order valence-electron chi connectivity index (χ1n) is 9.72. The normalized spacial score (nSPS) is 12.2. The zero-order valence-corrected chi connectivity index (χ0v) is 18.3. The molecule has 1 aliphatic rings. The first kappa shape index (κ1) is 21.1. The Morgan fingerprint density at radius 3 is 2.41 bits per heavy atom. The number of carbonyl (C=O) groups is 1. The minimum absolute atomic E-state index is 0. The summed E-state index contributed by atoms with van der Waals surface area (Å²) in [5.74, 6) is 2.95. The van der Waals surface area contributed by atoms with Crippen LogP contribution in [-0.2, 0) is 19.5 Å². The molecule has 1 aromatic heterocycles. The molecule has 0 atom stereocenters. The van der Waals surface area contributed by atoms with Gasteiger partial charge in [-0.2, -0.15) is 0 Å². The number of hydrogen-bond donors (Lipinski definition) is 0. The maximum Gasteiger partial charge on any atom is 0.257 e. The summed E-state index contributed by atoms with van der Waals surface area (Å²) in [5, 5.41) is 0. The summed E-state index contributed by atoms with van der Waals surface area (Å²) in [6.45, 7) is 3.90. The average Bonchev–Trinajstić information content (AvgIpc) is 3.33. The highest BCUT2D eigenvalue weighted by molar-refractivity contribution is 5.95. The molecule has 29 heavy (non-hydrogen) atoms. The fourth-order valence-corrected chi connectivity index (χ4v) is 3.79. The van der Waals surface area contributed by atoms with Crippen molar-refractivity contribution < 1.29 is 35.8 Å².